The normalized spacial score (nSPS) is 23.9. The van der Waals surface area contributed by atoms with Gasteiger partial charge in [0.05, 0.1) is 0 Å². The van der Waals surface area contributed by atoms with Gasteiger partial charge in [0, 0.05) is 12.1 Å². The summed E-state index contributed by atoms with van der Waals surface area (Å²) in [7, 11) is 0. The number of benzene rings is 1. The number of hydrogen-bond donors (Lipinski definition) is 1. The maximum Gasteiger partial charge on any atom is 0.0379 e. The molecule has 3 atom stereocenters. The standard InChI is InChI=1S/C18H29N/c1-6-13(2)11-14(3)19-17-16-10-8-7-9-15(16)12-18(17,4)5/h7-10,13-14,17,19H,6,11-12H2,1-5H3. The van der Waals surface area contributed by atoms with Crippen LogP contribution in [0.5, 0.6) is 0 Å². The second-order valence-corrected chi connectivity index (χ2v) is 7.11. The third-order valence-electron chi connectivity index (χ3n) is 4.70. The van der Waals surface area contributed by atoms with Crippen LogP contribution in [0.3, 0.4) is 0 Å². The molecule has 106 valence electrons. The second-order valence-electron chi connectivity index (χ2n) is 7.11. The molecule has 1 aliphatic rings. The number of fused-ring (bicyclic) bond motifs is 1. The molecule has 2 rings (SSSR count). The first-order valence-corrected chi connectivity index (χ1v) is 7.78. The van der Waals surface area contributed by atoms with Gasteiger partial charge in [-0.25, -0.2) is 0 Å². The summed E-state index contributed by atoms with van der Waals surface area (Å²) in [5, 5.41) is 3.89. The third kappa shape index (κ3) is 3.20. The largest absolute Gasteiger partial charge is 0.307 e. The van der Waals surface area contributed by atoms with Crippen LogP contribution in [-0.4, -0.2) is 6.04 Å². The van der Waals surface area contributed by atoms with Crippen LogP contribution in [0.2, 0.25) is 0 Å². The smallest absolute Gasteiger partial charge is 0.0379 e. The fraction of sp³-hybridized carbons (Fsp3) is 0.667. The van der Waals surface area contributed by atoms with Crippen molar-refractivity contribution in [3.63, 3.8) is 0 Å². The Labute approximate surface area is 118 Å². The van der Waals surface area contributed by atoms with Gasteiger partial charge in [-0.2, -0.15) is 0 Å². The molecule has 0 amide bonds. The molecule has 1 N–H and O–H groups in total. The molecular formula is C18H29N. The minimum absolute atomic E-state index is 0.327. The average Bonchev–Trinajstić information content (AvgIpc) is 2.60. The van der Waals surface area contributed by atoms with Crippen molar-refractivity contribution in [1.29, 1.82) is 0 Å². The van der Waals surface area contributed by atoms with E-state index in [2.05, 4.69) is 64.2 Å². The first-order chi connectivity index (χ1) is 8.94. The lowest BCUT2D eigenvalue weighted by Gasteiger charge is -2.32. The highest BCUT2D eigenvalue weighted by Crippen LogP contribution is 2.45. The summed E-state index contributed by atoms with van der Waals surface area (Å²) in [6.45, 7) is 11.8. The lowest BCUT2D eigenvalue weighted by atomic mass is 9.84. The Hall–Kier alpha value is -0.820. The van der Waals surface area contributed by atoms with Gasteiger partial charge in [0.2, 0.25) is 0 Å². The SMILES string of the molecule is CCC(C)CC(C)NC1c2ccccc2CC1(C)C. The van der Waals surface area contributed by atoms with Crippen molar-refractivity contribution < 1.29 is 0 Å². The Morgan fingerprint density at radius 2 is 1.95 bits per heavy atom. The van der Waals surface area contributed by atoms with E-state index in [1.165, 1.54) is 30.4 Å². The van der Waals surface area contributed by atoms with Crippen molar-refractivity contribution in [2.75, 3.05) is 0 Å². The van der Waals surface area contributed by atoms with Gasteiger partial charge in [-0.15, -0.1) is 0 Å². The van der Waals surface area contributed by atoms with Gasteiger partial charge < -0.3 is 5.32 Å². The van der Waals surface area contributed by atoms with Crippen molar-refractivity contribution >= 4 is 0 Å². The minimum Gasteiger partial charge on any atom is -0.307 e. The zero-order valence-corrected chi connectivity index (χ0v) is 13.2. The zero-order valence-electron chi connectivity index (χ0n) is 13.2. The van der Waals surface area contributed by atoms with E-state index in [1.807, 2.05) is 0 Å². The van der Waals surface area contributed by atoms with Crippen LogP contribution in [0.4, 0.5) is 0 Å². The molecule has 0 radical (unpaired) electrons. The number of nitrogens with one attached hydrogen (secondary N) is 1. The summed E-state index contributed by atoms with van der Waals surface area (Å²) in [6, 6.07) is 10.0. The topological polar surface area (TPSA) is 12.0 Å². The molecule has 0 fully saturated rings. The zero-order chi connectivity index (χ0) is 14.0. The van der Waals surface area contributed by atoms with E-state index in [9.17, 15) is 0 Å². The fourth-order valence-electron chi connectivity index (χ4n) is 3.43. The van der Waals surface area contributed by atoms with Crippen molar-refractivity contribution in [3.05, 3.63) is 35.4 Å². The van der Waals surface area contributed by atoms with Gasteiger partial charge in [0.25, 0.3) is 0 Å². The van der Waals surface area contributed by atoms with E-state index in [0.29, 0.717) is 17.5 Å². The quantitative estimate of drug-likeness (QED) is 0.806. The van der Waals surface area contributed by atoms with Crippen LogP contribution in [0, 0.1) is 11.3 Å². The minimum atomic E-state index is 0.327. The summed E-state index contributed by atoms with van der Waals surface area (Å²) in [5.74, 6) is 0.808. The molecule has 1 aromatic rings. The molecular weight excluding hydrogens is 230 g/mol. The molecule has 0 bridgehead atoms. The summed E-state index contributed by atoms with van der Waals surface area (Å²) >= 11 is 0. The molecule has 1 nitrogen and oxygen atoms in total. The van der Waals surface area contributed by atoms with Crippen molar-refractivity contribution in [1.82, 2.24) is 5.32 Å². The Morgan fingerprint density at radius 1 is 1.26 bits per heavy atom. The van der Waals surface area contributed by atoms with E-state index in [0.717, 1.165) is 5.92 Å². The van der Waals surface area contributed by atoms with Crippen LogP contribution in [0.15, 0.2) is 24.3 Å². The Balaban J connectivity index is 2.10. The second kappa shape index (κ2) is 5.66. The summed E-state index contributed by atoms with van der Waals surface area (Å²) < 4.78 is 0. The first kappa shape index (κ1) is 14.6. The molecule has 1 aromatic carbocycles. The van der Waals surface area contributed by atoms with Gasteiger partial charge in [0.15, 0.2) is 0 Å². The van der Waals surface area contributed by atoms with Crippen LogP contribution in [-0.2, 0) is 6.42 Å². The molecule has 0 saturated heterocycles. The summed E-state index contributed by atoms with van der Waals surface area (Å²) in [4.78, 5) is 0. The molecule has 0 heterocycles. The van der Waals surface area contributed by atoms with Gasteiger partial charge >= 0.3 is 0 Å². The van der Waals surface area contributed by atoms with Crippen molar-refractivity contribution in [2.24, 2.45) is 11.3 Å². The van der Waals surface area contributed by atoms with Crippen LogP contribution in [0.1, 0.15) is 64.6 Å². The Morgan fingerprint density at radius 3 is 2.63 bits per heavy atom. The molecule has 3 unspecified atom stereocenters. The van der Waals surface area contributed by atoms with Crippen LogP contribution < -0.4 is 5.32 Å². The Kier molecular flexibility index (Phi) is 4.35. The highest BCUT2D eigenvalue weighted by Gasteiger charge is 2.38. The van der Waals surface area contributed by atoms with Crippen LogP contribution in [0.25, 0.3) is 0 Å². The van der Waals surface area contributed by atoms with Gasteiger partial charge in [-0.3, -0.25) is 0 Å². The third-order valence-corrected chi connectivity index (χ3v) is 4.70. The molecule has 1 heteroatoms. The highest BCUT2D eigenvalue weighted by atomic mass is 15.0. The van der Waals surface area contributed by atoms with E-state index in [4.69, 9.17) is 0 Å². The van der Waals surface area contributed by atoms with Gasteiger partial charge in [0.1, 0.15) is 0 Å². The maximum absolute atomic E-state index is 3.89. The van der Waals surface area contributed by atoms with E-state index >= 15 is 0 Å². The van der Waals surface area contributed by atoms with E-state index in [-0.39, 0.29) is 0 Å². The number of hydrogen-bond acceptors (Lipinski definition) is 1. The molecule has 0 saturated carbocycles. The van der Waals surface area contributed by atoms with Crippen molar-refractivity contribution in [2.45, 2.75) is 66.0 Å². The van der Waals surface area contributed by atoms with Crippen LogP contribution >= 0.6 is 0 Å². The van der Waals surface area contributed by atoms with E-state index in [1.54, 1.807) is 0 Å². The molecule has 1 aliphatic carbocycles. The lowest BCUT2D eigenvalue weighted by Crippen LogP contribution is -2.37. The first-order valence-electron chi connectivity index (χ1n) is 7.78. The monoisotopic (exact) mass is 259 g/mol. The maximum atomic E-state index is 3.89. The summed E-state index contributed by atoms with van der Waals surface area (Å²) in [6.07, 6.45) is 3.73. The fourth-order valence-corrected chi connectivity index (χ4v) is 3.43. The van der Waals surface area contributed by atoms with Gasteiger partial charge in [-0.1, -0.05) is 58.4 Å². The summed E-state index contributed by atoms with van der Waals surface area (Å²) in [5.41, 5.74) is 3.37. The number of rotatable bonds is 5. The average molecular weight is 259 g/mol. The molecule has 0 aromatic heterocycles. The molecule has 19 heavy (non-hydrogen) atoms. The van der Waals surface area contributed by atoms with Crippen molar-refractivity contribution in [3.8, 4) is 0 Å². The predicted octanol–water partition coefficient (Wildman–Crippen LogP) is 4.72. The van der Waals surface area contributed by atoms with E-state index < -0.39 is 0 Å². The Bertz CT molecular complexity index is 421. The molecule has 0 aliphatic heterocycles. The predicted molar refractivity (Wildman–Crippen MR) is 83.3 cm³/mol. The highest BCUT2D eigenvalue weighted by molar-refractivity contribution is 5.37. The lowest BCUT2D eigenvalue weighted by molar-refractivity contribution is 0.239. The molecule has 0 spiro atoms. The van der Waals surface area contributed by atoms with Gasteiger partial charge in [-0.05, 0) is 42.2 Å².